The predicted molar refractivity (Wildman–Crippen MR) is 80.2 cm³/mol. The maximum Gasteiger partial charge on any atom is 0.0861 e. The molecule has 0 atom stereocenters. The van der Waals surface area contributed by atoms with E-state index in [2.05, 4.69) is 22.1 Å². The first-order valence-electron chi connectivity index (χ1n) is 6.57. The van der Waals surface area contributed by atoms with Gasteiger partial charge in [-0.2, -0.15) is 0 Å². The number of pyridine rings is 2. The first-order valence-corrected chi connectivity index (χ1v) is 6.57. The largest absolute Gasteiger partial charge is 0.386 e. The summed E-state index contributed by atoms with van der Waals surface area (Å²) >= 11 is 0. The lowest BCUT2D eigenvalue weighted by Gasteiger charge is -2.21. The molecule has 0 saturated heterocycles. The van der Waals surface area contributed by atoms with Crippen LogP contribution in [-0.2, 0) is 5.60 Å². The van der Waals surface area contributed by atoms with Crippen molar-refractivity contribution in [3.05, 3.63) is 60.7 Å². The summed E-state index contributed by atoms with van der Waals surface area (Å²) in [6.45, 7) is 3.55. The predicted octanol–water partition coefficient (Wildman–Crippen LogP) is 3.52. The summed E-state index contributed by atoms with van der Waals surface area (Å²) in [5.41, 5.74) is 1.99. The lowest BCUT2D eigenvalue weighted by Crippen LogP contribution is -2.17. The average molecular weight is 264 g/mol. The minimum absolute atomic E-state index is 0.827. The standard InChI is InChI=1S/C17H16N2O/c1-17(2,20)16-11-19-8-6-15(16)13-3-4-14-10-18-7-5-12(14)9-13/h3-11,20H,1-2H3. The van der Waals surface area contributed by atoms with Gasteiger partial charge in [0.05, 0.1) is 5.60 Å². The van der Waals surface area contributed by atoms with Crippen LogP contribution < -0.4 is 0 Å². The summed E-state index contributed by atoms with van der Waals surface area (Å²) in [4.78, 5) is 8.25. The van der Waals surface area contributed by atoms with E-state index in [0.29, 0.717) is 0 Å². The minimum atomic E-state index is -0.920. The molecule has 0 fully saturated rings. The van der Waals surface area contributed by atoms with Crippen LogP contribution in [0.25, 0.3) is 21.9 Å². The molecule has 3 heteroatoms. The third-order valence-electron chi connectivity index (χ3n) is 3.43. The second-order valence-corrected chi connectivity index (χ2v) is 5.42. The van der Waals surface area contributed by atoms with Crippen molar-refractivity contribution in [3.8, 4) is 11.1 Å². The number of aromatic nitrogens is 2. The zero-order valence-corrected chi connectivity index (χ0v) is 11.5. The maximum atomic E-state index is 10.3. The number of rotatable bonds is 2. The molecule has 0 bridgehead atoms. The Balaban J connectivity index is 2.21. The van der Waals surface area contributed by atoms with Crippen molar-refractivity contribution in [3.63, 3.8) is 0 Å². The molecule has 0 saturated carbocycles. The van der Waals surface area contributed by atoms with Crippen LogP contribution in [-0.4, -0.2) is 15.1 Å². The van der Waals surface area contributed by atoms with E-state index >= 15 is 0 Å². The number of hydrogen-bond donors (Lipinski definition) is 1. The van der Waals surface area contributed by atoms with E-state index in [4.69, 9.17) is 0 Å². The smallest absolute Gasteiger partial charge is 0.0861 e. The molecule has 20 heavy (non-hydrogen) atoms. The van der Waals surface area contributed by atoms with Crippen molar-refractivity contribution in [2.75, 3.05) is 0 Å². The molecule has 3 aromatic rings. The van der Waals surface area contributed by atoms with Gasteiger partial charge in [0.2, 0.25) is 0 Å². The van der Waals surface area contributed by atoms with Crippen molar-refractivity contribution in [2.24, 2.45) is 0 Å². The quantitative estimate of drug-likeness (QED) is 0.770. The Kier molecular flexibility index (Phi) is 2.99. The molecule has 3 rings (SSSR count). The maximum absolute atomic E-state index is 10.3. The highest BCUT2D eigenvalue weighted by Crippen LogP contribution is 2.32. The minimum Gasteiger partial charge on any atom is -0.386 e. The summed E-state index contributed by atoms with van der Waals surface area (Å²) < 4.78 is 0. The monoisotopic (exact) mass is 264 g/mol. The van der Waals surface area contributed by atoms with Crippen molar-refractivity contribution in [1.29, 1.82) is 0 Å². The van der Waals surface area contributed by atoms with Gasteiger partial charge in [-0.1, -0.05) is 12.1 Å². The van der Waals surface area contributed by atoms with Crippen molar-refractivity contribution in [1.82, 2.24) is 9.97 Å². The SMILES string of the molecule is CC(C)(O)c1cnccc1-c1ccc2cnccc2c1. The van der Waals surface area contributed by atoms with E-state index < -0.39 is 5.60 Å². The molecule has 100 valence electrons. The Morgan fingerprint density at radius 3 is 2.45 bits per heavy atom. The van der Waals surface area contributed by atoms with Crippen LogP contribution in [0.3, 0.4) is 0 Å². The van der Waals surface area contributed by atoms with Gasteiger partial charge in [-0.25, -0.2) is 0 Å². The molecule has 1 N–H and O–H groups in total. The van der Waals surface area contributed by atoms with E-state index in [-0.39, 0.29) is 0 Å². The van der Waals surface area contributed by atoms with Crippen LogP contribution in [0, 0.1) is 0 Å². The summed E-state index contributed by atoms with van der Waals surface area (Å²) in [7, 11) is 0. The molecule has 0 spiro atoms. The van der Waals surface area contributed by atoms with Gasteiger partial charge in [-0.05, 0) is 48.6 Å². The fourth-order valence-electron chi connectivity index (χ4n) is 2.38. The van der Waals surface area contributed by atoms with Gasteiger partial charge in [0.1, 0.15) is 0 Å². The number of hydrogen-bond acceptors (Lipinski definition) is 3. The molecule has 0 aliphatic carbocycles. The molecular formula is C17H16N2O. The van der Waals surface area contributed by atoms with Crippen molar-refractivity contribution >= 4 is 10.8 Å². The Bertz CT molecular complexity index is 760. The highest BCUT2D eigenvalue weighted by Gasteiger charge is 2.20. The zero-order chi connectivity index (χ0) is 14.2. The molecule has 3 nitrogen and oxygen atoms in total. The fraction of sp³-hybridized carbons (Fsp3) is 0.176. The molecular weight excluding hydrogens is 248 g/mol. The first kappa shape index (κ1) is 12.8. The lowest BCUT2D eigenvalue weighted by molar-refractivity contribution is 0.0788. The van der Waals surface area contributed by atoms with Gasteiger partial charge in [0.15, 0.2) is 0 Å². The molecule has 0 aliphatic rings. The normalized spacial score (nSPS) is 11.8. The van der Waals surface area contributed by atoms with Gasteiger partial charge < -0.3 is 5.11 Å². The molecule has 0 amide bonds. The summed E-state index contributed by atoms with van der Waals surface area (Å²) in [6, 6.07) is 10.1. The van der Waals surface area contributed by atoms with Crippen LogP contribution >= 0.6 is 0 Å². The van der Waals surface area contributed by atoms with Crippen LogP contribution in [0.2, 0.25) is 0 Å². The van der Waals surface area contributed by atoms with E-state index in [1.54, 1.807) is 32.4 Å². The van der Waals surface area contributed by atoms with E-state index in [0.717, 1.165) is 27.5 Å². The zero-order valence-electron chi connectivity index (χ0n) is 11.5. The summed E-state index contributed by atoms with van der Waals surface area (Å²) in [6.07, 6.45) is 7.12. The number of fused-ring (bicyclic) bond motifs is 1. The van der Waals surface area contributed by atoms with Gasteiger partial charge in [-0.15, -0.1) is 0 Å². The summed E-state index contributed by atoms with van der Waals surface area (Å²) in [5.74, 6) is 0. The van der Waals surface area contributed by atoms with Gasteiger partial charge in [0, 0.05) is 35.7 Å². The topological polar surface area (TPSA) is 46.0 Å². The lowest BCUT2D eigenvalue weighted by atomic mass is 9.91. The third-order valence-corrected chi connectivity index (χ3v) is 3.43. The van der Waals surface area contributed by atoms with Crippen molar-refractivity contribution < 1.29 is 5.11 Å². The molecule has 2 aromatic heterocycles. The highest BCUT2D eigenvalue weighted by molar-refractivity contribution is 5.87. The molecule has 0 aliphatic heterocycles. The van der Waals surface area contributed by atoms with Crippen LogP contribution in [0.5, 0.6) is 0 Å². The second-order valence-electron chi connectivity index (χ2n) is 5.42. The van der Waals surface area contributed by atoms with E-state index in [1.807, 2.05) is 24.4 Å². The Morgan fingerprint density at radius 2 is 1.65 bits per heavy atom. The third kappa shape index (κ3) is 2.28. The van der Waals surface area contributed by atoms with Crippen LogP contribution in [0.1, 0.15) is 19.4 Å². The van der Waals surface area contributed by atoms with E-state index in [1.165, 1.54) is 0 Å². The summed E-state index contributed by atoms with van der Waals surface area (Å²) in [5, 5.41) is 12.5. The molecule has 2 heterocycles. The fourth-order valence-corrected chi connectivity index (χ4v) is 2.38. The van der Waals surface area contributed by atoms with Gasteiger partial charge in [0.25, 0.3) is 0 Å². The number of nitrogens with zero attached hydrogens (tertiary/aromatic N) is 2. The van der Waals surface area contributed by atoms with Gasteiger partial charge in [-0.3, -0.25) is 9.97 Å². The van der Waals surface area contributed by atoms with Crippen LogP contribution in [0.4, 0.5) is 0 Å². The molecule has 1 aromatic carbocycles. The average Bonchev–Trinajstić information content (AvgIpc) is 2.46. The Labute approximate surface area is 117 Å². The van der Waals surface area contributed by atoms with Gasteiger partial charge >= 0.3 is 0 Å². The Morgan fingerprint density at radius 1 is 0.900 bits per heavy atom. The molecule has 0 radical (unpaired) electrons. The number of aliphatic hydroxyl groups is 1. The number of benzene rings is 1. The van der Waals surface area contributed by atoms with Crippen LogP contribution in [0.15, 0.2) is 55.1 Å². The van der Waals surface area contributed by atoms with Crippen molar-refractivity contribution in [2.45, 2.75) is 19.4 Å². The molecule has 0 unspecified atom stereocenters. The first-order chi connectivity index (χ1) is 9.55. The highest BCUT2D eigenvalue weighted by atomic mass is 16.3. The Hall–Kier alpha value is -2.26. The second kappa shape index (κ2) is 4.69. The van der Waals surface area contributed by atoms with E-state index in [9.17, 15) is 5.11 Å².